The quantitative estimate of drug-likeness (QED) is 0.296. The molecule has 4 aromatic rings. The van der Waals surface area contributed by atoms with Crippen LogP contribution in [0.15, 0.2) is 70.1 Å². The van der Waals surface area contributed by atoms with Crippen molar-refractivity contribution < 1.29 is 18.9 Å². The average molecular weight is 487 g/mol. The number of rotatable bonds is 8. The third-order valence-electron chi connectivity index (χ3n) is 4.10. The third-order valence-corrected chi connectivity index (χ3v) is 4.63. The maximum absolute atomic E-state index is 12.4. The fourth-order valence-corrected chi connectivity index (χ4v) is 2.91. The lowest BCUT2D eigenvalue weighted by Crippen LogP contribution is -2.10. The van der Waals surface area contributed by atoms with Crippen LogP contribution in [0.3, 0.4) is 0 Å². The molecule has 3 aromatic heterocycles. The van der Waals surface area contributed by atoms with Crippen molar-refractivity contribution >= 4 is 33.2 Å². The van der Waals surface area contributed by atoms with Gasteiger partial charge in [0.25, 0.3) is 5.91 Å². The second-order valence-electron chi connectivity index (χ2n) is 6.37. The van der Waals surface area contributed by atoms with E-state index in [1.807, 2.05) is 24.3 Å². The molecule has 0 aliphatic carbocycles. The molecule has 0 spiro atoms. The molecule has 11 nitrogen and oxygen atoms in total. The zero-order valence-electron chi connectivity index (χ0n) is 15.8. The third kappa shape index (κ3) is 5.17. The number of ether oxygens (including phenoxy) is 1. The van der Waals surface area contributed by atoms with Crippen molar-refractivity contribution in [2.24, 2.45) is 0 Å². The second-order valence-corrected chi connectivity index (χ2v) is 7.28. The monoisotopic (exact) mass is 486 g/mol. The molecule has 1 aromatic carbocycles. The lowest BCUT2D eigenvalue weighted by atomic mass is 10.3. The molecule has 0 fully saturated rings. The summed E-state index contributed by atoms with van der Waals surface area (Å²) in [6.07, 6.45) is 5.56. The van der Waals surface area contributed by atoms with Crippen LogP contribution in [-0.4, -0.2) is 30.4 Å². The van der Waals surface area contributed by atoms with E-state index in [1.54, 1.807) is 12.3 Å². The Kier molecular flexibility index (Phi) is 5.80. The number of nitrogens with one attached hydrogen (secondary N) is 1. The number of furan rings is 1. The van der Waals surface area contributed by atoms with Crippen LogP contribution in [0.4, 0.5) is 11.4 Å². The summed E-state index contributed by atoms with van der Waals surface area (Å²) in [6, 6.07) is 10.5. The summed E-state index contributed by atoms with van der Waals surface area (Å²) in [5, 5.41) is 21.4. The highest BCUT2D eigenvalue weighted by Gasteiger charge is 2.14. The SMILES string of the molecule is O=C(Nc1cnn(COc2ccc(Br)cc2)c1)c1ccc(Cn2cc([N+](=O)[O-])cn2)o1. The molecule has 12 heteroatoms. The second kappa shape index (κ2) is 8.83. The molecule has 0 saturated heterocycles. The van der Waals surface area contributed by atoms with E-state index in [0.29, 0.717) is 17.2 Å². The zero-order chi connectivity index (χ0) is 21.8. The molecule has 1 N–H and O–H groups in total. The lowest BCUT2D eigenvalue weighted by Gasteiger charge is -2.05. The van der Waals surface area contributed by atoms with Gasteiger partial charge in [-0.3, -0.25) is 19.6 Å². The Morgan fingerprint density at radius 3 is 2.65 bits per heavy atom. The van der Waals surface area contributed by atoms with Crippen molar-refractivity contribution in [3.05, 3.63) is 87.3 Å². The summed E-state index contributed by atoms with van der Waals surface area (Å²) >= 11 is 3.36. The Morgan fingerprint density at radius 1 is 1.13 bits per heavy atom. The van der Waals surface area contributed by atoms with Crippen LogP contribution in [0.5, 0.6) is 5.75 Å². The van der Waals surface area contributed by atoms with Gasteiger partial charge in [0.1, 0.15) is 23.9 Å². The molecule has 0 saturated carbocycles. The average Bonchev–Trinajstić information content (AvgIpc) is 3.49. The predicted molar refractivity (Wildman–Crippen MR) is 112 cm³/mol. The van der Waals surface area contributed by atoms with Gasteiger partial charge >= 0.3 is 5.69 Å². The van der Waals surface area contributed by atoms with E-state index in [9.17, 15) is 14.9 Å². The maximum atomic E-state index is 12.4. The highest BCUT2D eigenvalue weighted by atomic mass is 79.9. The van der Waals surface area contributed by atoms with Gasteiger partial charge in [0.15, 0.2) is 12.5 Å². The first-order chi connectivity index (χ1) is 15.0. The molecule has 0 aliphatic heterocycles. The van der Waals surface area contributed by atoms with Crippen LogP contribution in [0.2, 0.25) is 0 Å². The number of nitrogens with zero attached hydrogens (tertiary/aromatic N) is 5. The van der Waals surface area contributed by atoms with Gasteiger partial charge in [-0.1, -0.05) is 15.9 Å². The Bertz CT molecular complexity index is 1210. The largest absolute Gasteiger partial charge is 0.471 e. The fraction of sp³-hybridized carbons (Fsp3) is 0.105. The summed E-state index contributed by atoms with van der Waals surface area (Å²) in [5.74, 6) is 0.762. The summed E-state index contributed by atoms with van der Waals surface area (Å²) in [5.41, 5.74) is 0.357. The molecular formula is C19H15BrN6O5. The molecule has 0 aliphatic rings. The number of carbonyl (C=O) groups is 1. The Labute approximate surface area is 183 Å². The first kappa shape index (κ1) is 20.3. The van der Waals surface area contributed by atoms with Crippen LogP contribution in [-0.2, 0) is 13.3 Å². The highest BCUT2D eigenvalue weighted by Crippen LogP contribution is 2.17. The fourth-order valence-electron chi connectivity index (χ4n) is 2.64. The topological polar surface area (TPSA) is 130 Å². The Morgan fingerprint density at radius 2 is 1.90 bits per heavy atom. The van der Waals surface area contributed by atoms with Crippen molar-refractivity contribution in [3.8, 4) is 5.75 Å². The summed E-state index contributed by atoms with van der Waals surface area (Å²) < 4.78 is 15.0. The van der Waals surface area contributed by atoms with Crippen LogP contribution < -0.4 is 10.1 Å². The summed E-state index contributed by atoms with van der Waals surface area (Å²) in [6.45, 7) is 0.338. The molecule has 0 unspecified atom stereocenters. The maximum Gasteiger partial charge on any atom is 0.307 e. The number of nitro groups is 1. The Hall–Kier alpha value is -3.93. The van der Waals surface area contributed by atoms with Crippen LogP contribution in [0, 0.1) is 10.1 Å². The van der Waals surface area contributed by atoms with Gasteiger partial charge in [0.2, 0.25) is 0 Å². The molecule has 158 valence electrons. The van der Waals surface area contributed by atoms with Gasteiger partial charge in [-0.25, -0.2) is 4.68 Å². The minimum Gasteiger partial charge on any atom is -0.471 e. The van der Waals surface area contributed by atoms with Gasteiger partial charge in [-0.15, -0.1) is 0 Å². The van der Waals surface area contributed by atoms with Crippen molar-refractivity contribution in [1.82, 2.24) is 19.6 Å². The number of hydrogen-bond donors (Lipinski definition) is 1. The van der Waals surface area contributed by atoms with E-state index in [1.165, 1.54) is 27.8 Å². The van der Waals surface area contributed by atoms with Gasteiger partial charge in [-0.2, -0.15) is 10.2 Å². The standard InChI is InChI=1S/C19H15BrN6O5/c20-13-1-3-16(4-2-13)30-12-25-9-14(7-21-25)23-19(27)18-6-5-17(31-18)11-24-10-15(8-22-24)26(28)29/h1-10H,11-12H2,(H,23,27). The van der Waals surface area contributed by atoms with Crippen molar-refractivity contribution in [1.29, 1.82) is 0 Å². The van der Waals surface area contributed by atoms with Gasteiger partial charge in [-0.05, 0) is 36.4 Å². The van der Waals surface area contributed by atoms with E-state index >= 15 is 0 Å². The number of amides is 1. The van der Waals surface area contributed by atoms with Crippen molar-refractivity contribution in [3.63, 3.8) is 0 Å². The van der Waals surface area contributed by atoms with Crippen molar-refractivity contribution in [2.75, 3.05) is 5.32 Å². The molecular weight excluding hydrogens is 472 g/mol. The lowest BCUT2D eigenvalue weighted by molar-refractivity contribution is -0.385. The number of halogens is 1. The first-order valence-corrected chi connectivity index (χ1v) is 9.73. The number of carbonyl (C=O) groups excluding carboxylic acids is 1. The predicted octanol–water partition coefficient (Wildman–Crippen LogP) is 3.68. The summed E-state index contributed by atoms with van der Waals surface area (Å²) in [7, 11) is 0. The molecule has 0 radical (unpaired) electrons. The number of hydrogen-bond acceptors (Lipinski definition) is 7. The van der Waals surface area contributed by atoms with Crippen LogP contribution >= 0.6 is 15.9 Å². The number of aromatic nitrogens is 4. The molecule has 0 bridgehead atoms. The molecule has 31 heavy (non-hydrogen) atoms. The molecule has 0 atom stereocenters. The van der Waals surface area contributed by atoms with E-state index in [0.717, 1.165) is 10.7 Å². The molecule has 4 rings (SSSR count). The van der Waals surface area contributed by atoms with Crippen LogP contribution in [0.25, 0.3) is 0 Å². The minimum atomic E-state index is -0.533. The van der Waals surface area contributed by atoms with E-state index < -0.39 is 10.8 Å². The van der Waals surface area contributed by atoms with Crippen molar-refractivity contribution in [2.45, 2.75) is 13.3 Å². The zero-order valence-corrected chi connectivity index (χ0v) is 17.4. The normalized spacial score (nSPS) is 10.7. The van der Waals surface area contributed by atoms with E-state index in [-0.39, 0.29) is 24.7 Å². The van der Waals surface area contributed by atoms with E-state index in [4.69, 9.17) is 9.15 Å². The van der Waals surface area contributed by atoms with Gasteiger partial charge in [0.05, 0.1) is 29.5 Å². The summed E-state index contributed by atoms with van der Waals surface area (Å²) in [4.78, 5) is 22.6. The van der Waals surface area contributed by atoms with Gasteiger partial charge < -0.3 is 14.5 Å². The van der Waals surface area contributed by atoms with E-state index in [2.05, 4.69) is 31.4 Å². The molecule has 1 amide bonds. The first-order valence-electron chi connectivity index (χ1n) is 8.94. The van der Waals surface area contributed by atoms with Crippen LogP contribution in [0.1, 0.15) is 16.3 Å². The number of benzene rings is 1. The Balaban J connectivity index is 1.32. The van der Waals surface area contributed by atoms with Gasteiger partial charge in [0, 0.05) is 4.47 Å². The number of anilines is 1. The smallest absolute Gasteiger partial charge is 0.307 e. The molecule has 3 heterocycles. The highest BCUT2D eigenvalue weighted by molar-refractivity contribution is 9.10. The minimum absolute atomic E-state index is 0.0931.